The highest BCUT2D eigenvalue weighted by Gasteiger charge is 1.91. The van der Waals surface area contributed by atoms with Crippen LogP contribution in [0.4, 0.5) is 5.69 Å². The van der Waals surface area contributed by atoms with Gasteiger partial charge in [0.25, 0.3) is 0 Å². The van der Waals surface area contributed by atoms with Gasteiger partial charge in [-0.2, -0.15) is 0 Å². The van der Waals surface area contributed by atoms with Crippen LogP contribution in [0.2, 0.25) is 0 Å². The Bertz CT molecular complexity index is 492. The van der Waals surface area contributed by atoms with Gasteiger partial charge < -0.3 is 10.4 Å². The number of hydrogen-bond donors (Lipinski definition) is 2. The molecular formula is C15H16N2O. The minimum atomic E-state index is 0.140. The molecule has 3 nitrogen and oxygen atoms in total. The first kappa shape index (κ1) is 12.3. The van der Waals surface area contributed by atoms with Crippen molar-refractivity contribution < 1.29 is 5.11 Å². The Kier molecular flexibility index (Phi) is 4.50. The van der Waals surface area contributed by atoms with Gasteiger partial charge in [-0.05, 0) is 35.9 Å². The Balaban J connectivity index is 2.00. The molecule has 2 aromatic rings. The van der Waals surface area contributed by atoms with Gasteiger partial charge in [0.2, 0.25) is 0 Å². The summed E-state index contributed by atoms with van der Waals surface area (Å²) < 4.78 is 0. The van der Waals surface area contributed by atoms with E-state index in [1.54, 1.807) is 6.20 Å². The summed E-state index contributed by atoms with van der Waals surface area (Å²) in [7, 11) is 0. The number of nitrogens with one attached hydrogen (secondary N) is 1. The molecule has 0 aliphatic rings. The molecule has 0 unspecified atom stereocenters. The van der Waals surface area contributed by atoms with Gasteiger partial charge in [-0.25, -0.2) is 0 Å². The third-order valence-electron chi connectivity index (χ3n) is 2.49. The lowest BCUT2D eigenvalue weighted by molar-refractivity contribution is 0.311. The van der Waals surface area contributed by atoms with Gasteiger partial charge in [-0.3, -0.25) is 4.98 Å². The molecule has 0 saturated heterocycles. The van der Waals surface area contributed by atoms with E-state index in [-0.39, 0.29) is 6.61 Å². The van der Waals surface area contributed by atoms with Gasteiger partial charge in [0.1, 0.15) is 0 Å². The molecule has 2 N–H and O–H groups in total. The van der Waals surface area contributed by atoms with Crippen LogP contribution in [0.15, 0.2) is 48.7 Å². The number of aromatic nitrogens is 1. The van der Waals surface area contributed by atoms with Crippen LogP contribution in [0.5, 0.6) is 0 Å². The minimum Gasteiger partial charge on any atom is -0.395 e. The van der Waals surface area contributed by atoms with Crippen LogP contribution < -0.4 is 5.32 Å². The summed E-state index contributed by atoms with van der Waals surface area (Å²) in [6.45, 7) is 0.713. The van der Waals surface area contributed by atoms with Gasteiger partial charge in [-0.15, -0.1) is 0 Å². The van der Waals surface area contributed by atoms with Gasteiger partial charge in [0, 0.05) is 18.4 Å². The summed E-state index contributed by atoms with van der Waals surface area (Å²) in [5.74, 6) is 0. The second-order valence-corrected chi connectivity index (χ2v) is 3.86. The molecule has 2 rings (SSSR count). The van der Waals surface area contributed by atoms with Crippen LogP contribution in [-0.2, 0) is 0 Å². The van der Waals surface area contributed by atoms with Gasteiger partial charge >= 0.3 is 0 Å². The van der Waals surface area contributed by atoms with Crippen molar-refractivity contribution in [2.45, 2.75) is 0 Å². The SMILES string of the molecule is OCCNc1ccc(/C=C/c2ccccn2)cc1. The van der Waals surface area contributed by atoms with Crippen LogP contribution in [0.25, 0.3) is 12.2 Å². The van der Waals surface area contributed by atoms with Crippen molar-refractivity contribution in [2.24, 2.45) is 0 Å². The number of hydrogen-bond acceptors (Lipinski definition) is 3. The van der Waals surface area contributed by atoms with E-state index in [9.17, 15) is 0 Å². The van der Waals surface area contributed by atoms with Crippen LogP contribution >= 0.6 is 0 Å². The largest absolute Gasteiger partial charge is 0.395 e. The first-order valence-electron chi connectivity index (χ1n) is 5.92. The maximum absolute atomic E-state index is 8.71. The standard InChI is InChI=1S/C15H16N2O/c18-12-11-17-15-8-5-13(6-9-15)4-7-14-3-1-2-10-16-14/h1-10,17-18H,11-12H2/b7-4+. The lowest BCUT2D eigenvalue weighted by Crippen LogP contribution is -2.04. The van der Waals surface area contributed by atoms with E-state index in [0.29, 0.717) is 6.54 Å². The number of aliphatic hydroxyl groups excluding tert-OH is 1. The average molecular weight is 240 g/mol. The Morgan fingerprint density at radius 1 is 1.06 bits per heavy atom. The molecule has 0 fully saturated rings. The van der Waals surface area contributed by atoms with E-state index < -0.39 is 0 Å². The van der Waals surface area contributed by atoms with E-state index in [2.05, 4.69) is 10.3 Å². The number of benzene rings is 1. The Labute approximate surface area is 107 Å². The summed E-state index contributed by atoms with van der Waals surface area (Å²) in [5.41, 5.74) is 3.08. The fourth-order valence-corrected chi connectivity index (χ4v) is 1.57. The molecule has 92 valence electrons. The summed E-state index contributed by atoms with van der Waals surface area (Å²) in [6, 6.07) is 13.9. The van der Waals surface area contributed by atoms with Crippen molar-refractivity contribution >= 4 is 17.8 Å². The van der Waals surface area contributed by atoms with Gasteiger partial charge in [0.05, 0.1) is 12.3 Å². The topological polar surface area (TPSA) is 45.1 Å². The van der Waals surface area contributed by atoms with Crippen LogP contribution in [0.3, 0.4) is 0 Å². The average Bonchev–Trinajstić information content (AvgIpc) is 2.45. The van der Waals surface area contributed by atoms with E-state index in [0.717, 1.165) is 16.9 Å². The predicted octanol–water partition coefficient (Wildman–Crippen LogP) is 2.66. The molecule has 0 amide bonds. The molecule has 0 aliphatic heterocycles. The molecular weight excluding hydrogens is 224 g/mol. The number of aliphatic hydroxyl groups is 1. The van der Waals surface area contributed by atoms with E-state index in [1.165, 1.54) is 0 Å². The highest BCUT2D eigenvalue weighted by atomic mass is 16.3. The zero-order valence-corrected chi connectivity index (χ0v) is 10.1. The van der Waals surface area contributed by atoms with Gasteiger partial charge in [-0.1, -0.05) is 24.3 Å². The molecule has 1 heterocycles. The van der Waals surface area contributed by atoms with Crippen molar-refractivity contribution in [3.8, 4) is 0 Å². The summed E-state index contributed by atoms with van der Waals surface area (Å²) >= 11 is 0. The Hall–Kier alpha value is -2.13. The molecule has 0 spiro atoms. The molecule has 0 bridgehead atoms. The predicted molar refractivity (Wildman–Crippen MR) is 75.2 cm³/mol. The fourth-order valence-electron chi connectivity index (χ4n) is 1.57. The number of nitrogens with zero attached hydrogens (tertiary/aromatic N) is 1. The van der Waals surface area contributed by atoms with Crippen LogP contribution in [0.1, 0.15) is 11.3 Å². The van der Waals surface area contributed by atoms with Gasteiger partial charge in [0.15, 0.2) is 0 Å². The minimum absolute atomic E-state index is 0.140. The van der Waals surface area contributed by atoms with Crippen molar-refractivity contribution in [1.82, 2.24) is 4.98 Å². The lowest BCUT2D eigenvalue weighted by Gasteiger charge is -2.03. The normalized spacial score (nSPS) is 10.7. The summed E-state index contributed by atoms with van der Waals surface area (Å²) in [5, 5.41) is 11.8. The van der Waals surface area contributed by atoms with Crippen molar-refractivity contribution in [2.75, 3.05) is 18.5 Å². The van der Waals surface area contributed by atoms with Crippen molar-refractivity contribution in [3.63, 3.8) is 0 Å². The summed E-state index contributed by atoms with van der Waals surface area (Å²) in [4.78, 5) is 4.22. The molecule has 0 saturated carbocycles. The quantitative estimate of drug-likeness (QED) is 0.844. The van der Waals surface area contributed by atoms with E-state index in [4.69, 9.17) is 5.11 Å². The number of rotatable bonds is 5. The molecule has 1 aromatic heterocycles. The number of anilines is 1. The van der Waals surface area contributed by atoms with Crippen molar-refractivity contribution in [3.05, 3.63) is 59.9 Å². The zero-order chi connectivity index (χ0) is 12.6. The Morgan fingerprint density at radius 3 is 2.56 bits per heavy atom. The third kappa shape index (κ3) is 3.71. The molecule has 1 aromatic carbocycles. The first-order chi connectivity index (χ1) is 8.88. The fraction of sp³-hybridized carbons (Fsp3) is 0.133. The molecule has 3 heteroatoms. The number of pyridine rings is 1. The van der Waals surface area contributed by atoms with E-state index >= 15 is 0 Å². The van der Waals surface area contributed by atoms with Crippen LogP contribution in [0, 0.1) is 0 Å². The second-order valence-electron chi connectivity index (χ2n) is 3.86. The lowest BCUT2D eigenvalue weighted by atomic mass is 10.2. The first-order valence-corrected chi connectivity index (χ1v) is 5.92. The smallest absolute Gasteiger partial charge is 0.0629 e. The maximum atomic E-state index is 8.71. The monoisotopic (exact) mass is 240 g/mol. The second kappa shape index (κ2) is 6.57. The highest BCUT2D eigenvalue weighted by Crippen LogP contribution is 2.11. The van der Waals surface area contributed by atoms with Crippen molar-refractivity contribution in [1.29, 1.82) is 0 Å². The molecule has 0 aliphatic carbocycles. The summed E-state index contributed by atoms with van der Waals surface area (Å²) in [6.07, 6.45) is 5.79. The highest BCUT2D eigenvalue weighted by molar-refractivity contribution is 5.68. The maximum Gasteiger partial charge on any atom is 0.0629 e. The third-order valence-corrected chi connectivity index (χ3v) is 2.49. The van der Waals surface area contributed by atoms with E-state index in [1.807, 2.05) is 54.6 Å². The molecule has 18 heavy (non-hydrogen) atoms. The Morgan fingerprint density at radius 2 is 1.89 bits per heavy atom. The van der Waals surface area contributed by atoms with Crippen LogP contribution in [-0.4, -0.2) is 23.2 Å². The zero-order valence-electron chi connectivity index (χ0n) is 10.1. The molecule has 0 radical (unpaired) electrons. The molecule has 0 atom stereocenters.